The Morgan fingerprint density at radius 3 is 2.45 bits per heavy atom. The number of aryl methyl sites for hydroxylation is 1. The molecule has 6 nitrogen and oxygen atoms in total. The Balaban J connectivity index is 1.61. The maximum absolute atomic E-state index is 12.8. The van der Waals surface area contributed by atoms with Crippen LogP contribution in [-0.2, 0) is 4.79 Å². The van der Waals surface area contributed by atoms with Crippen LogP contribution >= 0.6 is 11.6 Å². The number of carbonyl (C=O) groups excluding carboxylic acids is 1. The van der Waals surface area contributed by atoms with Gasteiger partial charge in [-0.05, 0) is 38.5 Å². The molecular formula is C22H30ClN5O. The van der Waals surface area contributed by atoms with E-state index in [1.54, 1.807) is 0 Å². The van der Waals surface area contributed by atoms with E-state index in [0.717, 1.165) is 54.8 Å². The molecule has 156 valence electrons. The molecular weight excluding hydrogens is 386 g/mol. The Morgan fingerprint density at radius 1 is 1.10 bits per heavy atom. The first-order chi connectivity index (χ1) is 13.8. The lowest BCUT2D eigenvalue weighted by atomic mass is 10.1. The van der Waals surface area contributed by atoms with Crippen LogP contribution in [0.3, 0.4) is 0 Å². The van der Waals surface area contributed by atoms with E-state index in [4.69, 9.17) is 16.6 Å². The molecule has 1 saturated heterocycles. The second-order valence-electron chi connectivity index (χ2n) is 7.98. The van der Waals surface area contributed by atoms with E-state index in [1.807, 2.05) is 45.0 Å². The minimum absolute atomic E-state index is 0.0104. The number of aromatic nitrogens is 2. The molecule has 1 aromatic carbocycles. The van der Waals surface area contributed by atoms with E-state index in [1.165, 1.54) is 0 Å². The molecule has 29 heavy (non-hydrogen) atoms. The van der Waals surface area contributed by atoms with Crippen LogP contribution in [0.25, 0.3) is 0 Å². The highest BCUT2D eigenvalue weighted by Crippen LogP contribution is 2.24. The summed E-state index contributed by atoms with van der Waals surface area (Å²) in [6, 6.07) is 7.39. The molecule has 0 saturated carbocycles. The van der Waals surface area contributed by atoms with E-state index in [9.17, 15) is 4.79 Å². The zero-order chi connectivity index (χ0) is 21.1. The lowest BCUT2D eigenvalue weighted by molar-refractivity contribution is -0.120. The second-order valence-corrected chi connectivity index (χ2v) is 8.39. The third-order valence-corrected chi connectivity index (χ3v) is 5.87. The molecule has 1 fully saturated rings. The third kappa shape index (κ3) is 5.06. The Morgan fingerprint density at radius 2 is 1.79 bits per heavy atom. The van der Waals surface area contributed by atoms with Crippen molar-refractivity contribution in [1.82, 2.24) is 14.9 Å². The predicted octanol–water partition coefficient (Wildman–Crippen LogP) is 4.02. The normalized spacial score (nSPS) is 16.2. The van der Waals surface area contributed by atoms with Gasteiger partial charge in [0.05, 0.1) is 6.04 Å². The summed E-state index contributed by atoms with van der Waals surface area (Å²) in [7, 11) is 0. The molecule has 0 bridgehead atoms. The minimum Gasteiger partial charge on any atom is -0.354 e. The summed E-state index contributed by atoms with van der Waals surface area (Å²) in [5.74, 6) is 2.15. The van der Waals surface area contributed by atoms with Crippen molar-refractivity contribution in [1.29, 1.82) is 0 Å². The number of hydrogen-bond donors (Lipinski definition) is 1. The fourth-order valence-electron chi connectivity index (χ4n) is 3.48. The van der Waals surface area contributed by atoms with E-state index < -0.39 is 0 Å². The molecule has 1 atom stereocenters. The second kappa shape index (κ2) is 9.09. The molecule has 2 aromatic rings. The molecule has 1 aromatic heterocycles. The molecule has 7 heteroatoms. The maximum atomic E-state index is 12.8. The monoisotopic (exact) mass is 415 g/mol. The van der Waals surface area contributed by atoms with Gasteiger partial charge in [0.25, 0.3) is 0 Å². The van der Waals surface area contributed by atoms with Crippen molar-refractivity contribution in [2.45, 2.75) is 46.6 Å². The fourth-order valence-corrected chi connectivity index (χ4v) is 3.65. The standard InChI is InChI=1S/C22H30ClN5O/c1-14(2)21-24-15(3)13-20(26-21)28-11-9-27(10-12-28)17(5)22(29)25-19-8-6-7-18(23)16(19)4/h6-8,13-14,17H,9-12H2,1-5H3,(H,25,29). The van der Waals surface area contributed by atoms with Crippen molar-refractivity contribution in [3.63, 3.8) is 0 Å². The third-order valence-electron chi connectivity index (χ3n) is 5.47. The van der Waals surface area contributed by atoms with Crippen LogP contribution in [-0.4, -0.2) is 53.0 Å². The van der Waals surface area contributed by atoms with E-state index in [2.05, 4.69) is 33.9 Å². The van der Waals surface area contributed by atoms with Crippen LogP contribution in [0.5, 0.6) is 0 Å². The number of nitrogens with zero attached hydrogens (tertiary/aromatic N) is 4. The van der Waals surface area contributed by atoms with Crippen molar-refractivity contribution < 1.29 is 4.79 Å². The Kier molecular flexibility index (Phi) is 6.75. The van der Waals surface area contributed by atoms with Crippen molar-refractivity contribution >= 4 is 29.0 Å². The molecule has 1 amide bonds. The Bertz CT molecular complexity index is 878. The molecule has 1 aliphatic heterocycles. The molecule has 1 aliphatic rings. The number of benzene rings is 1. The minimum atomic E-state index is -0.214. The van der Waals surface area contributed by atoms with Crippen LogP contribution in [0.2, 0.25) is 5.02 Å². The topological polar surface area (TPSA) is 61.4 Å². The number of nitrogens with one attached hydrogen (secondary N) is 1. The zero-order valence-electron chi connectivity index (χ0n) is 17.9. The van der Waals surface area contributed by atoms with Gasteiger partial charge in [-0.15, -0.1) is 0 Å². The van der Waals surface area contributed by atoms with Crippen molar-refractivity contribution in [3.05, 3.63) is 46.4 Å². The van der Waals surface area contributed by atoms with E-state index in [0.29, 0.717) is 10.9 Å². The highest BCUT2D eigenvalue weighted by Gasteiger charge is 2.27. The number of amides is 1. The number of piperazine rings is 1. The first-order valence-corrected chi connectivity index (χ1v) is 10.5. The summed E-state index contributed by atoms with van der Waals surface area (Å²) in [5, 5.41) is 3.68. The average molecular weight is 416 g/mol. The van der Waals surface area contributed by atoms with E-state index >= 15 is 0 Å². The first-order valence-electron chi connectivity index (χ1n) is 10.2. The van der Waals surface area contributed by atoms with Gasteiger partial charge in [-0.1, -0.05) is 31.5 Å². The molecule has 0 spiro atoms. The van der Waals surface area contributed by atoms with Crippen LogP contribution in [0, 0.1) is 13.8 Å². The van der Waals surface area contributed by atoms with Crippen LogP contribution in [0.15, 0.2) is 24.3 Å². The van der Waals surface area contributed by atoms with E-state index in [-0.39, 0.29) is 11.9 Å². The fraction of sp³-hybridized carbons (Fsp3) is 0.500. The van der Waals surface area contributed by atoms with Gasteiger partial charge in [0.2, 0.25) is 5.91 Å². The van der Waals surface area contributed by atoms with Gasteiger partial charge in [0.1, 0.15) is 11.6 Å². The highest BCUT2D eigenvalue weighted by molar-refractivity contribution is 6.31. The van der Waals surface area contributed by atoms with Crippen LogP contribution in [0.4, 0.5) is 11.5 Å². The molecule has 2 heterocycles. The summed E-state index contributed by atoms with van der Waals surface area (Å²) in [6.45, 7) is 13.4. The van der Waals surface area contributed by atoms with Crippen molar-refractivity contribution in [2.75, 3.05) is 36.4 Å². The van der Waals surface area contributed by atoms with Crippen LogP contribution < -0.4 is 10.2 Å². The number of halogens is 1. The predicted molar refractivity (Wildman–Crippen MR) is 119 cm³/mol. The molecule has 1 N–H and O–H groups in total. The number of anilines is 2. The zero-order valence-corrected chi connectivity index (χ0v) is 18.6. The van der Waals surface area contributed by atoms with Gasteiger partial charge >= 0.3 is 0 Å². The van der Waals surface area contributed by atoms with Gasteiger partial charge < -0.3 is 10.2 Å². The van der Waals surface area contributed by atoms with Gasteiger partial charge in [0, 0.05) is 54.6 Å². The first kappa shape index (κ1) is 21.5. The van der Waals surface area contributed by atoms with Crippen molar-refractivity contribution in [2.24, 2.45) is 0 Å². The number of carbonyl (C=O) groups is 1. The summed E-state index contributed by atoms with van der Waals surface area (Å²) in [6.07, 6.45) is 0. The summed E-state index contributed by atoms with van der Waals surface area (Å²) in [4.78, 5) is 26.5. The summed E-state index contributed by atoms with van der Waals surface area (Å²) in [5.41, 5.74) is 2.65. The molecule has 3 rings (SSSR count). The summed E-state index contributed by atoms with van der Waals surface area (Å²) >= 11 is 6.16. The van der Waals surface area contributed by atoms with Crippen molar-refractivity contribution in [3.8, 4) is 0 Å². The maximum Gasteiger partial charge on any atom is 0.241 e. The lowest BCUT2D eigenvalue weighted by Crippen LogP contribution is -2.53. The highest BCUT2D eigenvalue weighted by atomic mass is 35.5. The summed E-state index contributed by atoms with van der Waals surface area (Å²) < 4.78 is 0. The molecule has 0 aliphatic carbocycles. The lowest BCUT2D eigenvalue weighted by Gasteiger charge is -2.38. The van der Waals surface area contributed by atoms with Crippen LogP contribution in [0.1, 0.15) is 43.8 Å². The Labute approximate surface area is 178 Å². The largest absolute Gasteiger partial charge is 0.354 e. The molecule has 1 unspecified atom stereocenters. The van der Waals surface area contributed by atoms with Gasteiger partial charge in [-0.2, -0.15) is 0 Å². The quantitative estimate of drug-likeness (QED) is 0.799. The average Bonchev–Trinajstić information content (AvgIpc) is 2.70. The van der Waals surface area contributed by atoms with Gasteiger partial charge in [-0.25, -0.2) is 9.97 Å². The van der Waals surface area contributed by atoms with Gasteiger partial charge in [0.15, 0.2) is 0 Å². The number of rotatable bonds is 5. The Hall–Kier alpha value is -2.18. The smallest absolute Gasteiger partial charge is 0.241 e. The number of hydrogen-bond acceptors (Lipinski definition) is 5. The van der Waals surface area contributed by atoms with Gasteiger partial charge in [-0.3, -0.25) is 9.69 Å². The SMILES string of the molecule is Cc1cc(N2CCN(C(C)C(=O)Nc3cccc(Cl)c3C)CC2)nc(C(C)C)n1. The molecule has 0 radical (unpaired) electrons.